The van der Waals surface area contributed by atoms with Crippen LogP contribution in [0.3, 0.4) is 0 Å². The van der Waals surface area contributed by atoms with E-state index in [1.165, 1.54) is 10.9 Å². The van der Waals surface area contributed by atoms with Crippen LogP contribution in [0.25, 0.3) is 5.69 Å². The molecule has 0 saturated heterocycles. The zero-order chi connectivity index (χ0) is 15.2. The van der Waals surface area contributed by atoms with Crippen molar-refractivity contribution in [3.8, 4) is 5.69 Å². The minimum Gasteiger partial charge on any atom is -0.480 e. The number of aliphatic carboxylic acids is 1. The van der Waals surface area contributed by atoms with Gasteiger partial charge in [0, 0.05) is 13.0 Å². The van der Waals surface area contributed by atoms with Gasteiger partial charge in [-0.25, -0.2) is 9.48 Å². The number of hydrogen-bond donors (Lipinski definition) is 3. The number of hydrogen-bond acceptors (Lipinski definition) is 5. The highest BCUT2D eigenvalue weighted by Gasteiger charge is 2.21. The summed E-state index contributed by atoms with van der Waals surface area (Å²) in [6.07, 6.45) is 1.33. The normalized spacial score (nSPS) is 11.9. The highest BCUT2D eigenvalue weighted by Crippen LogP contribution is 2.06. The Morgan fingerprint density at radius 3 is 2.62 bits per heavy atom. The molecule has 0 radical (unpaired) electrons. The minimum atomic E-state index is -1.21. The van der Waals surface area contributed by atoms with Crippen molar-refractivity contribution in [2.24, 2.45) is 0 Å². The highest BCUT2D eigenvalue weighted by atomic mass is 16.4. The molecule has 1 aromatic heterocycles. The van der Waals surface area contributed by atoms with Gasteiger partial charge in [0.25, 0.3) is 5.91 Å². The van der Waals surface area contributed by atoms with E-state index in [1.54, 1.807) is 12.1 Å². The van der Waals surface area contributed by atoms with Crippen molar-refractivity contribution in [1.29, 1.82) is 0 Å². The smallest absolute Gasteiger partial charge is 0.326 e. The van der Waals surface area contributed by atoms with E-state index < -0.39 is 17.9 Å². The Balaban J connectivity index is 2.10. The van der Waals surface area contributed by atoms with Crippen LogP contribution in [0.5, 0.6) is 0 Å². The van der Waals surface area contributed by atoms with Crippen LogP contribution in [0.1, 0.15) is 16.9 Å². The second-order valence-corrected chi connectivity index (χ2v) is 4.26. The Morgan fingerprint density at radius 2 is 2.00 bits per heavy atom. The van der Waals surface area contributed by atoms with E-state index in [-0.39, 0.29) is 18.7 Å². The Bertz CT molecular complexity index is 626. The van der Waals surface area contributed by atoms with Crippen LogP contribution in [-0.2, 0) is 4.79 Å². The van der Waals surface area contributed by atoms with Crippen LogP contribution in [0.4, 0.5) is 0 Å². The van der Waals surface area contributed by atoms with Crippen LogP contribution in [0, 0.1) is 0 Å². The van der Waals surface area contributed by atoms with Crippen molar-refractivity contribution >= 4 is 11.9 Å². The van der Waals surface area contributed by atoms with E-state index in [0.717, 1.165) is 5.69 Å². The van der Waals surface area contributed by atoms with Gasteiger partial charge in [-0.2, -0.15) is 0 Å². The maximum absolute atomic E-state index is 11.9. The molecule has 2 aromatic rings. The van der Waals surface area contributed by atoms with Crippen LogP contribution >= 0.6 is 0 Å². The predicted molar refractivity (Wildman–Crippen MR) is 72.0 cm³/mol. The Morgan fingerprint density at radius 1 is 1.29 bits per heavy atom. The molecular formula is C13H14N4O4. The number of carbonyl (C=O) groups excluding carboxylic acids is 1. The molecular weight excluding hydrogens is 276 g/mol. The number of nitrogens with zero attached hydrogens (tertiary/aromatic N) is 3. The average molecular weight is 290 g/mol. The van der Waals surface area contributed by atoms with Crippen molar-refractivity contribution in [2.45, 2.75) is 12.5 Å². The number of aliphatic hydroxyl groups is 1. The first kappa shape index (κ1) is 14.7. The van der Waals surface area contributed by atoms with E-state index >= 15 is 0 Å². The molecule has 0 bridgehead atoms. The zero-order valence-corrected chi connectivity index (χ0v) is 11.0. The van der Waals surface area contributed by atoms with Gasteiger partial charge < -0.3 is 15.5 Å². The van der Waals surface area contributed by atoms with E-state index in [1.807, 2.05) is 18.2 Å². The van der Waals surface area contributed by atoms with E-state index in [2.05, 4.69) is 15.6 Å². The largest absolute Gasteiger partial charge is 0.480 e. The van der Waals surface area contributed by atoms with Gasteiger partial charge >= 0.3 is 5.97 Å². The molecule has 8 nitrogen and oxygen atoms in total. The third-order valence-electron chi connectivity index (χ3n) is 2.77. The lowest BCUT2D eigenvalue weighted by atomic mass is 10.2. The van der Waals surface area contributed by atoms with Crippen molar-refractivity contribution in [3.63, 3.8) is 0 Å². The van der Waals surface area contributed by atoms with Crippen molar-refractivity contribution in [1.82, 2.24) is 20.3 Å². The molecule has 0 fully saturated rings. The fourth-order valence-corrected chi connectivity index (χ4v) is 1.69. The summed E-state index contributed by atoms with van der Waals surface area (Å²) in [7, 11) is 0. The summed E-state index contributed by atoms with van der Waals surface area (Å²) in [4.78, 5) is 22.8. The number of amides is 1. The molecule has 0 aliphatic rings. The number of para-hydroxylation sites is 1. The molecule has 8 heteroatoms. The van der Waals surface area contributed by atoms with Crippen molar-refractivity contribution in [2.75, 3.05) is 6.61 Å². The zero-order valence-electron chi connectivity index (χ0n) is 11.0. The fourth-order valence-electron chi connectivity index (χ4n) is 1.69. The third kappa shape index (κ3) is 3.63. The van der Waals surface area contributed by atoms with Crippen LogP contribution in [0.2, 0.25) is 0 Å². The predicted octanol–water partition coefficient (Wildman–Crippen LogP) is -0.167. The molecule has 0 saturated carbocycles. The van der Waals surface area contributed by atoms with Gasteiger partial charge in [-0.1, -0.05) is 23.4 Å². The van der Waals surface area contributed by atoms with Gasteiger partial charge in [0.15, 0.2) is 5.69 Å². The lowest BCUT2D eigenvalue weighted by Crippen LogP contribution is -2.41. The first-order chi connectivity index (χ1) is 10.1. The second-order valence-electron chi connectivity index (χ2n) is 4.26. The summed E-state index contributed by atoms with van der Waals surface area (Å²) < 4.78 is 1.41. The number of aromatic nitrogens is 3. The molecule has 1 heterocycles. The molecule has 2 rings (SSSR count). The van der Waals surface area contributed by atoms with E-state index in [0.29, 0.717) is 0 Å². The fraction of sp³-hybridized carbons (Fsp3) is 0.231. The minimum absolute atomic E-state index is 0.00282. The van der Waals surface area contributed by atoms with E-state index in [9.17, 15) is 9.59 Å². The molecule has 21 heavy (non-hydrogen) atoms. The van der Waals surface area contributed by atoms with Crippen molar-refractivity contribution in [3.05, 3.63) is 42.2 Å². The molecule has 1 amide bonds. The average Bonchev–Trinajstić information content (AvgIpc) is 2.97. The Labute approximate surface area is 120 Å². The van der Waals surface area contributed by atoms with Crippen LogP contribution in [0.15, 0.2) is 36.5 Å². The number of carbonyl (C=O) groups is 2. The lowest BCUT2D eigenvalue weighted by Gasteiger charge is -2.11. The van der Waals surface area contributed by atoms with Crippen LogP contribution < -0.4 is 5.32 Å². The molecule has 110 valence electrons. The maximum Gasteiger partial charge on any atom is 0.326 e. The number of carboxylic acid groups (broad SMARTS) is 1. The molecule has 0 aliphatic heterocycles. The molecule has 1 aromatic carbocycles. The number of benzene rings is 1. The first-order valence-corrected chi connectivity index (χ1v) is 6.24. The van der Waals surface area contributed by atoms with Crippen LogP contribution in [-0.4, -0.2) is 49.7 Å². The lowest BCUT2D eigenvalue weighted by molar-refractivity contribution is -0.139. The first-order valence-electron chi connectivity index (χ1n) is 6.24. The molecule has 0 unspecified atom stereocenters. The van der Waals surface area contributed by atoms with Gasteiger partial charge in [-0.15, -0.1) is 5.10 Å². The molecule has 0 spiro atoms. The maximum atomic E-state index is 11.9. The quantitative estimate of drug-likeness (QED) is 0.680. The van der Waals surface area contributed by atoms with Gasteiger partial charge in [-0.05, 0) is 12.1 Å². The van der Waals surface area contributed by atoms with Gasteiger partial charge in [0.05, 0.1) is 11.9 Å². The summed E-state index contributed by atoms with van der Waals surface area (Å²) >= 11 is 0. The summed E-state index contributed by atoms with van der Waals surface area (Å²) in [6, 6.07) is 7.91. The third-order valence-corrected chi connectivity index (χ3v) is 2.77. The summed E-state index contributed by atoms with van der Waals surface area (Å²) in [6.45, 7) is -0.339. The standard InChI is InChI=1S/C13H14N4O4/c18-7-6-10(13(20)21)14-12(19)11-8-17(16-15-11)9-4-2-1-3-5-9/h1-5,8,10,18H,6-7H2,(H,14,19)(H,20,21)/t10-/m0/s1. The summed E-state index contributed by atoms with van der Waals surface area (Å²) in [5, 5.41) is 27.5. The number of rotatable bonds is 6. The Kier molecular flexibility index (Phi) is 4.62. The SMILES string of the molecule is O=C(N[C@@H](CCO)C(=O)O)c1cn(-c2ccccc2)nn1. The highest BCUT2D eigenvalue weighted by molar-refractivity contribution is 5.94. The van der Waals surface area contributed by atoms with Gasteiger partial charge in [0.1, 0.15) is 6.04 Å². The van der Waals surface area contributed by atoms with Crippen molar-refractivity contribution < 1.29 is 19.8 Å². The molecule has 3 N–H and O–H groups in total. The topological polar surface area (TPSA) is 117 Å². The number of carboxylic acids is 1. The van der Waals surface area contributed by atoms with Gasteiger partial charge in [-0.3, -0.25) is 4.79 Å². The Hall–Kier alpha value is -2.74. The molecule has 1 atom stereocenters. The monoisotopic (exact) mass is 290 g/mol. The summed E-state index contributed by atoms with van der Waals surface area (Å²) in [5.41, 5.74) is 0.734. The summed E-state index contributed by atoms with van der Waals surface area (Å²) in [5.74, 6) is -1.87. The number of aliphatic hydroxyl groups excluding tert-OH is 1. The van der Waals surface area contributed by atoms with E-state index in [4.69, 9.17) is 10.2 Å². The van der Waals surface area contributed by atoms with Gasteiger partial charge in [0.2, 0.25) is 0 Å². The number of nitrogens with one attached hydrogen (secondary N) is 1. The molecule has 0 aliphatic carbocycles. The second kappa shape index (κ2) is 6.62.